The molecule has 112 valence electrons. The quantitative estimate of drug-likeness (QED) is 0.655. The van der Waals surface area contributed by atoms with Crippen LogP contribution in [0, 0.1) is 11.6 Å². The number of nitrogens with zero attached hydrogens (tertiary/aromatic N) is 2. The molecule has 1 N–H and O–H groups in total. The van der Waals surface area contributed by atoms with E-state index in [2.05, 4.69) is 4.98 Å². The normalized spacial score (nSPS) is 11.6. The maximum absolute atomic E-state index is 13.8. The fraction of sp³-hybridized carbons (Fsp3) is 0.286. The molecule has 0 saturated carbocycles. The van der Waals surface area contributed by atoms with E-state index in [1.54, 1.807) is 4.57 Å². The maximum atomic E-state index is 13.8. The number of imidazole rings is 1. The third kappa shape index (κ3) is 3.60. The molecule has 0 aliphatic heterocycles. The predicted octanol–water partition coefficient (Wildman–Crippen LogP) is 3.46. The second kappa shape index (κ2) is 6.71. The van der Waals surface area contributed by atoms with Crippen LogP contribution >= 0.6 is 11.8 Å². The first kappa shape index (κ1) is 15.5. The summed E-state index contributed by atoms with van der Waals surface area (Å²) in [6.07, 6.45) is 4.47. The summed E-state index contributed by atoms with van der Waals surface area (Å²) < 4.78 is 28.8. The van der Waals surface area contributed by atoms with Crippen LogP contribution in [0.5, 0.6) is 0 Å². The van der Waals surface area contributed by atoms with Gasteiger partial charge in [-0.25, -0.2) is 13.8 Å². The number of aryl methyl sites for hydroxylation is 1. The molecule has 0 saturated heterocycles. The lowest BCUT2D eigenvalue weighted by Crippen LogP contribution is -2.03. The van der Waals surface area contributed by atoms with Crippen molar-refractivity contribution in [3.63, 3.8) is 0 Å². The van der Waals surface area contributed by atoms with E-state index in [-0.39, 0.29) is 11.3 Å². The van der Waals surface area contributed by atoms with E-state index >= 15 is 0 Å². The van der Waals surface area contributed by atoms with Gasteiger partial charge in [-0.3, -0.25) is 4.79 Å². The van der Waals surface area contributed by atoms with Gasteiger partial charge in [0.2, 0.25) is 0 Å². The van der Waals surface area contributed by atoms with Crippen LogP contribution in [-0.2, 0) is 11.3 Å². The van der Waals surface area contributed by atoms with Crippen molar-refractivity contribution in [3.8, 4) is 0 Å². The molecule has 21 heavy (non-hydrogen) atoms. The summed E-state index contributed by atoms with van der Waals surface area (Å²) in [5.74, 6) is -2.59. The predicted molar refractivity (Wildman–Crippen MR) is 77.4 cm³/mol. The van der Waals surface area contributed by atoms with E-state index in [1.807, 2.05) is 19.1 Å². The summed E-state index contributed by atoms with van der Waals surface area (Å²) in [6.45, 7) is 2.36. The summed E-state index contributed by atoms with van der Waals surface area (Å²) in [5.41, 5.74) is 0.398. The van der Waals surface area contributed by atoms with Gasteiger partial charge in [0.05, 0.1) is 11.3 Å². The molecule has 0 unspecified atom stereocenters. The summed E-state index contributed by atoms with van der Waals surface area (Å²) in [4.78, 5) is 14.8. The van der Waals surface area contributed by atoms with Gasteiger partial charge >= 0.3 is 5.97 Å². The zero-order chi connectivity index (χ0) is 15.4. The third-order valence-electron chi connectivity index (χ3n) is 2.82. The van der Waals surface area contributed by atoms with Crippen molar-refractivity contribution < 1.29 is 18.7 Å². The minimum atomic E-state index is -0.987. The van der Waals surface area contributed by atoms with Crippen LogP contribution in [0.3, 0.4) is 0 Å². The molecule has 0 atom stereocenters. The Morgan fingerprint density at radius 2 is 2.24 bits per heavy atom. The average molecular weight is 312 g/mol. The number of allylic oxidation sites excluding steroid dienone is 2. The Bertz CT molecular complexity index is 698. The number of halogens is 2. The maximum Gasteiger partial charge on any atom is 0.313 e. The van der Waals surface area contributed by atoms with Gasteiger partial charge in [-0.15, -0.1) is 0 Å². The lowest BCUT2D eigenvalue weighted by atomic mass is 10.3. The zero-order valence-corrected chi connectivity index (χ0v) is 12.2. The second-order valence-corrected chi connectivity index (χ2v) is 5.28. The molecule has 7 heteroatoms. The molecule has 0 spiro atoms. The molecule has 1 aromatic carbocycles. The summed E-state index contributed by atoms with van der Waals surface area (Å²) >= 11 is 0.993. The fourth-order valence-electron chi connectivity index (χ4n) is 1.95. The van der Waals surface area contributed by atoms with Crippen LogP contribution < -0.4 is 0 Å². The molecule has 2 rings (SSSR count). The van der Waals surface area contributed by atoms with Gasteiger partial charge in [0.1, 0.15) is 11.3 Å². The number of aromatic nitrogens is 2. The van der Waals surface area contributed by atoms with Crippen LogP contribution in [-0.4, -0.2) is 26.4 Å². The average Bonchev–Trinajstić information content (AvgIpc) is 2.75. The van der Waals surface area contributed by atoms with Crippen LogP contribution in [0.4, 0.5) is 8.78 Å². The van der Waals surface area contributed by atoms with Crippen molar-refractivity contribution in [1.82, 2.24) is 9.55 Å². The first-order valence-corrected chi connectivity index (χ1v) is 7.32. The molecule has 0 aliphatic carbocycles. The van der Waals surface area contributed by atoms with Crippen molar-refractivity contribution in [2.45, 2.75) is 25.0 Å². The molecule has 2 aromatic rings. The van der Waals surface area contributed by atoms with Crippen molar-refractivity contribution in [2.75, 3.05) is 5.75 Å². The SMILES string of the molecule is C/C=C/CCn1c(SCC(=O)O)nc2c(F)cc(F)cc21. The van der Waals surface area contributed by atoms with E-state index in [9.17, 15) is 13.6 Å². The van der Waals surface area contributed by atoms with Gasteiger partial charge in [0.15, 0.2) is 11.0 Å². The standard InChI is InChI=1S/C14H14F2N2O2S/c1-2-3-4-5-18-11-7-9(15)6-10(16)13(11)17-14(18)21-8-12(19)20/h2-3,6-7H,4-5,8H2,1H3,(H,19,20)/b3-2+. The Balaban J connectivity index is 2.46. The number of aliphatic carboxylic acids is 1. The molecule has 0 amide bonds. The van der Waals surface area contributed by atoms with Crippen molar-refractivity contribution in [2.24, 2.45) is 0 Å². The summed E-state index contributed by atoms with van der Waals surface area (Å²) in [5, 5.41) is 9.13. The van der Waals surface area contributed by atoms with Crippen LogP contribution in [0.25, 0.3) is 11.0 Å². The summed E-state index contributed by atoms with van der Waals surface area (Å²) in [7, 11) is 0. The number of hydrogen-bond acceptors (Lipinski definition) is 3. The molecule has 0 radical (unpaired) electrons. The van der Waals surface area contributed by atoms with Gasteiger partial charge in [-0.05, 0) is 13.3 Å². The zero-order valence-electron chi connectivity index (χ0n) is 11.3. The lowest BCUT2D eigenvalue weighted by Gasteiger charge is -2.06. The van der Waals surface area contributed by atoms with E-state index in [4.69, 9.17) is 5.11 Å². The topological polar surface area (TPSA) is 55.1 Å². The molecule has 4 nitrogen and oxygen atoms in total. The third-order valence-corrected chi connectivity index (χ3v) is 3.78. The number of thioether (sulfide) groups is 1. The molecule has 1 heterocycles. The van der Waals surface area contributed by atoms with Gasteiger partial charge in [0, 0.05) is 18.7 Å². The molecular formula is C14H14F2N2O2S. The number of benzene rings is 1. The van der Waals surface area contributed by atoms with Crippen LogP contribution in [0.2, 0.25) is 0 Å². The summed E-state index contributed by atoms with van der Waals surface area (Å²) in [6, 6.07) is 1.99. The number of carboxylic acids is 1. The monoisotopic (exact) mass is 312 g/mol. The van der Waals surface area contributed by atoms with Crippen molar-refractivity contribution in [1.29, 1.82) is 0 Å². The Morgan fingerprint density at radius 3 is 2.90 bits per heavy atom. The van der Waals surface area contributed by atoms with Gasteiger partial charge in [-0.2, -0.15) is 0 Å². The highest BCUT2D eigenvalue weighted by molar-refractivity contribution is 7.99. The number of rotatable bonds is 6. The van der Waals surface area contributed by atoms with Gasteiger partial charge in [0.25, 0.3) is 0 Å². The number of hydrogen-bond donors (Lipinski definition) is 1. The van der Waals surface area contributed by atoms with E-state index in [0.717, 1.165) is 17.8 Å². The lowest BCUT2D eigenvalue weighted by molar-refractivity contribution is -0.133. The largest absolute Gasteiger partial charge is 0.481 e. The number of carbonyl (C=O) groups is 1. The highest BCUT2D eigenvalue weighted by atomic mass is 32.2. The number of carboxylic acid groups (broad SMARTS) is 1. The molecule has 1 aromatic heterocycles. The van der Waals surface area contributed by atoms with Crippen LogP contribution in [0.1, 0.15) is 13.3 Å². The van der Waals surface area contributed by atoms with Crippen LogP contribution in [0.15, 0.2) is 29.4 Å². The minimum Gasteiger partial charge on any atom is -0.481 e. The first-order valence-electron chi connectivity index (χ1n) is 6.34. The molecular weight excluding hydrogens is 298 g/mol. The second-order valence-electron chi connectivity index (χ2n) is 4.34. The first-order chi connectivity index (χ1) is 10.0. The smallest absolute Gasteiger partial charge is 0.313 e. The molecule has 0 aliphatic rings. The molecule has 0 bridgehead atoms. The minimum absolute atomic E-state index is 0.0600. The van der Waals surface area contributed by atoms with E-state index in [0.29, 0.717) is 23.6 Å². The van der Waals surface area contributed by atoms with Gasteiger partial charge < -0.3 is 9.67 Å². The Labute approximate surface area is 124 Å². The highest BCUT2D eigenvalue weighted by Gasteiger charge is 2.16. The van der Waals surface area contributed by atoms with Gasteiger partial charge in [-0.1, -0.05) is 23.9 Å². The fourth-order valence-corrected chi connectivity index (χ4v) is 2.70. The Hall–Kier alpha value is -1.89. The Morgan fingerprint density at radius 1 is 1.48 bits per heavy atom. The highest BCUT2D eigenvalue weighted by Crippen LogP contribution is 2.27. The Kier molecular flexibility index (Phi) is 4.95. The van der Waals surface area contributed by atoms with Crippen molar-refractivity contribution >= 4 is 28.8 Å². The number of fused-ring (bicyclic) bond motifs is 1. The van der Waals surface area contributed by atoms with E-state index < -0.39 is 17.6 Å². The van der Waals surface area contributed by atoms with Crippen molar-refractivity contribution in [3.05, 3.63) is 35.9 Å². The van der Waals surface area contributed by atoms with E-state index in [1.165, 1.54) is 6.07 Å². The molecule has 0 fully saturated rings.